The third-order valence-corrected chi connectivity index (χ3v) is 2.31. The number of nitrogens with one attached hydrogen (secondary N) is 1. The highest BCUT2D eigenvalue weighted by atomic mass is 19.4. The topological polar surface area (TPSA) is 38.3 Å². The molecule has 1 N–H and O–H groups in total. The van der Waals surface area contributed by atoms with Crippen LogP contribution in [0.1, 0.15) is 31.9 Å². The van der Waals surface area contributed by atoms with Crippen LogP contribution in [0.2, 0.25) is 0 Å². The SMILES string of the molecule is CC(C)(C)OC(=O)NC/C=C/c1ccc(C(F)(F)F)cc1. The van der Waals surface area contributed by atoms with Gasteiger partial charge in [0, 0.05) is 6.54 Å². The van der Waals surface area contributed by atoms with Gasteiger partial charge in [0.1, 0.15) is 5.60 Å². The zero-order chi connectivity index (χ0) is 16.1. The van der Waals surface area contributed by atoms with E-state index >= 15 is 0 Å². The standard InChI is InChI=1S/C15H18F3NO2/c1-14(2,3)21-13(20)19-10-4-5-11-6-8-12(9-7-11)15(16,17)18/h4-9H,10H2,1-3H3,(H,19,20)/b5-4+. The van der Waals surface area contributed by atoms with Gasteiger partial charge in [0.15, 0.2) is 0 Å². The van der Waals surface area contributed by atoms with E-state index in [4.69, 9.17) is 4.74 Å². The molecule has 0 aliphatic heterocycles. The fourth-order valence-corrected chi connectivity index (χ4v) is 1.43. The smallest absolute Gasteiger partial charge is 0.416 e. The van der Waals surface area contributed by atoms with Crippen LogP contribution in [0, 0.1) is 0 Å². The monoisotopic (exact) mass is 301 g/mol. The van der Waals surface area contributed by atoms with E-state index in [-0.39, 0.29) is 6.54 Å². The van der Waals surface area contributed by atoms with Gasteiger partial charge in [0.25, 0.3) is 0 Å². The van der Waals surface area contributed by atoms with E-state index in [1.165, 1.54) is 12.1 Å². The number of hydrogen-bond acceptors (Lipinski definition) is 2. The fourth-order valence-electron chi connectivity index (χ4n) is 1.43. The highest BCUT2D eigenvalue weighted by molar-refractivity contribution is 5.68. The van der Waals surface area contributed by atoms with Crippen molar-refractivity contribution in [1.82, 2.24) is 5.32 Å². The van der Waals surface area contributed by atoms with E-state index in [2.05, 4.69) is 5.32 Å². The van der Waals surface area contributed by atoms with Crippen LogP contribution in [0.5, 0.6) is 0 Å². The summed E-state index contributed by atoms with van der Waals surface area (Å²) in [7, 11) is 0. The van der Waals surface area contributed by atoms with Crippen LogP contribution in [0.25, 0.3) is 6.08 Å². The number of carbonyl (C=O) groups is 1. The minimum atomic E-state index is -4.33. The first kappa shape index (κ1) is 17.1. The molecule has 0 radical (unpaired) electrons. The molecule has 0 bridgehead atoms. The highest BCUT2D eigenvalue weighted by Crippen LogP contribution is 2.29. The number of ether oxygens (including phenoxy) is 1. The van der Waals surface area contributed by atoms with Crippen LogP contribution < -0.4 is 5.32 Å². The third-order valence-electron chi connectivity index (χ3n) is 2.31. The summed E-state index contributed by atoms with van der Waals surface area (Å²) in [4.78, 5) is 11.3. The molecule has 0 heterocycles. The Kier molecular flexibility index (Phi) is 5.41. The first-order chi connectivity index (χ1) is 9.58. The minimum absolute atomic E-state index is 0.232. The van der Waals surface area contributed by atoms with Crippen molar-refractivity contribution in [3.63, 3.8) is 0 Å². The molecule has 6 heteroatoms. The van der Waals surface area contributed by atoms with Gasteiger partial charge in [0.05, 0.1) is 5.56 Å². The van der Waals surface area contributed by atoms with Crippen molar-refractivity contribution in [3.8, 4) is 0 Å². The molecule has 1 amide bonds. The number of benzene rings is 1. The summed E-state index contributed by atoms with van der Waals surface area (Å²) in [5.41, 5.74) is -0.637. The Morgan fingerprint density at radius 2 is 1.76 bits per heavy atom. The summed E-state index contributed by atoms with van der Waals surface area (Å²) < 4.78 is 42.1. The molecule has 3 nitrogen and oxygen atoms in total. The molecule has 0 saturated carbocycles. The van der Waals surface area contributed by atoms with Gasteiger partial charge < -0.3 is 10.1 Å². The van der Waals surface area contributed by atoms with Crippen LogP contribution in [0.3, 0.4) is 0 Å². The third kappa shape index (κ3) is 6.83. The first-order valence-corrected chi connectivity index (χ1v) is 6.38. The lowest BCUT2D eigenvalue weighted by atomic mass is 10.1. The Morgan fingerprint density at radius 3 is 2.24 bits per heavy atom. The first-order valence-electron chi connectivity index (χ1n) is 6.38. The molecule has 0 aliphatic rings. The van der Waals surface area contributed by atoms with Crippen molar-refractivity contribution >= 4 is 12.2 Å². The van der Waals surface area contributed by atoms with Crippen LogP contribution in [0.15, 0.2) is 30.3 Å². The fraction of sp³-hybridized carbons (Fsp3) is 0.400. The summed E-state index contributed by atoms with van der Waals surface area (Å²) in [5, 5.41) is 2.52. The summed E-state index contributed by atoms with van der Waals surface area (Å²) >= 11 is 0. The second-order valence-electron chi connectivity index (χ2n) is 5.40. The summed E-state index contributed by atoms with van der Waals surface area (Å²) in [6, 6.07) is 4.77. The number of alkyl halides is 3. The van der Waals surface area contributed by atoms with Crippen LogP contribution in [-0.2, 0) is 10.9 Å². The van der Waals surface area contributed by atoms with Gasteiger partial charge in [-0.1, -0.05) is 24.3 Å². The van der Waals surface area contributed by atoms with Crippen molar-refractivity contribution < 1.29 is 22.7 Å². The maximum Gasteiger partial charge on any atom is 0.416 e. The normalized spacial score (nSPS) is 12.5. The Labute approximate surface area is 121 Å². The minimum Gasteiger partial charge on any atom is -0.444 e. The lowest BCUT2D eigenvalue weighted by Crippen LogP contribution is -2.32. The van der Waals surface area contributed by atoms with Gasteiger partial charge in [-0.15, -0.1) is 0 Å². The Morgan fingerprint density at radius 1 is 1.19 bits per heavy atom. The molecule has 21 heavy (non-hydrogen) atoms. The largest absolute Gasteiger partial charge is 0.444 e. The van der Waals surface area contributed by atoms with Gasteiger partial charge in [-0.05, 0) is 38.5 Å². The quantitative estimate of drug-likeness (QED) is 0.906. The second kappa shape index (κ2) is 6.65. The highest BCUT2D eigenvalue weighted by Gasteiger charge is 2.29. The van der Waals surface area contributed by atoms with E-state index in [9.17, 15) is 18.0 Å². The number of alkyl carbamates (subject to hydrolysis) is 1. The van der Waals surface area contributed by atoms with E-state index < -0.39 is 23.4 Å². The second-order valence-corrected chi connectivity index (χ2v) is 5.40. The van der Waals surface area contributed by atoms with Crippen molar-refractivity contribution in [1.29, 1.82) is 0 Å². The van der Waals surface area contributed by atoms with Gasteiger partial charge in [0.2, 0.25) is 0 Å². The molecule has 0 aliphatic carbocycles. The van der Waals surface area contributed by atoms with Gasteiger partial charge >= 0.3 is 12.3 Å². The average Bonchev–Trinajstić information content (AvgIpc) is 2.32. The van der Waals surface area contributed by atoms with E-state index in [1.54, 1.807) is 32.9 Å². The molecule has 0 atom stereocenters. The Hall–Kier alpha value is -1.98. The maximum atomic E-state index is 12.4. The lowest BCUT2D eigenvalue weighted by molar-refractivity contribution is -0.137. The van der Waals surface area contributed by atoms with Crippen LogP contribution >= 0.6 is 0 Å². The predicted octanol–water partition coefficient (Wildman–Crippen LogP) is 4.24. The molecule has 0 spiro atoms. The maximum absolute atomic E-state index is 12.4. The number of rotatable bonds is 3. The van der Waals surface area contributed by atoms with Crippen molar-refractivity contribution in [2.75, 3.05) is 6.54 Å². The Balaban J connectivity index is 2.46. The summed E-state index contributed by atoms with van der Waals surface area (Å²) in [6.07, 6.45) is -1.62. The van der Waals surface area contributed by atoms with Crippen LogP contribution in [0.4, 0.5) is 18.0 Å². The molecule has 0 aromatic heterocycles. The molecule has 0 saturated heterocycles. The zero-order valence-corrected chi connectivity index (χ0v) is 12.1. The van der Waals surface area contributed by atoms with E-state index in [0.29, 0.717) is 5.56 Å². The Bertz CT molecular complexity index is 499. The molecule has 1 aromatic rings. The van der Waals surface area contributed by atoms with Crippen molar-refractivity contribution in [2.24, 2.45) is 0 Å². The van der Waals surface area contributed by atoms with Gasteiger partial charge in [-0.2, -0.15) is 13.2 Å². The lowest BCUT2D eigenvalue weighted by Gasteiger charge is -2.19. The van der Waals surface area contributed by atoms with E-state index in [1.807, 2.05) is 0 Å². The number of amides is 1. The number of halogens is 3. The summed E-state index contributed by atoms with van der Waals surface area (Å²) in [5.74, 6) is 0. The molecule has 116 valence electrons. The summed E-state index contributed by atoms with van der Waals surface area (Å²) in [6.45, 7) is 5.50. The molecule has 0 fully saturated rings. The zero-order valence-electron chi connectivity index (χ0n) is 12.1. The molecular formula is C15H18F3NO2. The van der Waals surface area contributed by atoms with E-state index in [0.717, 1.165) is 12.1 Å². The van der Waals surface area contributed by atoms with Crippen LogP contribution in [-0.4, -0.2) is 18.2 Å². The average molecular weight is 301 g/mol. The predicted molar refractivity (Wildman–Crippen MR) is 74.7 cm³/mol. The van der Waals surface area contributed by atoms with Gasteiger partial charge in [-0.3, -0.25) is 0 Å². The molecule has 0 unspecified atom stereocenters. The number of carbonyl (C=O) groups excluding carboxylic acids is 1. The number of hydrogen-bond donors (Lipinski definition) is 1. The van der Waals surface area contributed by atoms with Crippen molar-refractivity contribution in [3.05, 3.63) is 41.5 Å². The molecule has 1 aromatic carbocycles. The van der Waals surface area contributed by atoms with Crippen molar-refractivity contribution in [2.45, 2.75) is 32.5 Å². The van der Waals surface area contributed by atoms with Gasteiger partial charge in [-0.25, -0.2) is 4.79 Å². The molecular weight excluding hydrogens is 283 g/mol. The molecule has 1 rings (SSSR count).